The van der Waals surface area contributed by atoms with Gasteiger partial charge in [0, 0.05) is 5.69 Å². The van der Waals surface area contributed by atoms with Crippen molar-refractivity contribution in [1.29, 1.82) is 5.26 Å². The fraction of sp³-hybridized carbons (Fsp3) is 0.267. The van der Waals surface area contributed by atoms with Crippen LogP contribution in [0.4, 0.5) is 5.69 Å². The van der Waals surface area contributed by atoms with Gasteiger partial charge in [0.2, 0.25) is 0 Å². The summed E-state index contributed by atoms with van der Waals surface area (Å²) in [5, 5.41) is 18.6. The lowest BCUT2D eigenvalue weighted by Crippen LogP contribution is -2.14. The van der Waals surface area contributed by atoms with Gasteiger partial charge in [0.1, 0.15) is 0 Å². The Bertz CT molecular complexity index is 728. The molecule has 0 unspecified atom stereocenters. The maximum absolute atomic E-state index is 12.3. The van der Waals surface area contributed by atoms with Gasteiger partial charge in [-0.2, -0.15) is 10.4 Å². The van der Waals surface area contributed by atoms with Crippen molar-refractivity contribution in [2.75, 3.05) is 5.32 Å². The Hall–Kier alpha value is -2.13. The summed E-state index contributed by atoms with van der Waals surface area (Å²) < 4.78 is 0.670. The number of aromatic nitrogens is 2. The molecule has 2 rings (SSSR count). The Morgan fingerprint density at radius 2 is 2.19 bits per heavy atom. The van der Waals surface area contributed by atoms with Crippen molar-refractivity contribution in [2.24, 2.45) is 0 Å². The first-order valence-corrected chi connectivity index (χ1v) is 7.29. The molecule has 2 N–H and O–H groups in total. The van der Waals surface area contributed by atoms with Gasteiger partial charge in [-0.05, 0) is 46.5 Å². The van der Waals surface area contributed by atoms with E-state index in [1.165, 1.54) is 0 Å². The van der Waals surface area contributed by atoms with E-state index in [0.29, 0.717) is 21.4 Å². The third kappa shape index (κ3) is 3.14. The first-order valence-electron chi connectivity index (χ1n) is 6.50. The number of aromatic amines is 1. The molecule has 1 aromatic carbocycles. The topological polar surface area (TPSA) is 81.6 Å². The molecule has 0 saturated heterocycles. The largest absolute Gasteiger partial charge is 0.320 e. The number of benzene rings is 1. The SMILES string of the molecule is Cc1ccc(C#N)cc1NC(=O)c1n[nH]c(C(C)C)c1Br. The summed E-state index contributed by atoms with van der Waals surface area (Å²) in [7, 11) is 0. The standard InChI is InChI=1S/C15H15BrN4O/c1-8(2)13-12(16)14(20-19-13)15(21)18-11-6-10(7-17)5-4-9(11)3/h4-6,8H,1-3H3,(H,18,21)(H,19,20). The van der Waals surface area contributed by atoms with Crippen molar-refractivity contribution >= 4 is 27.5 Å². The number of halogens is 1. The summed E-state index contributed by atoms with van der Waals surface area (Å²) >= 11 is 3.41. The van der Waals surface area contributed by atoms with Crippen molar-refractivity contribution in [2.45, 2.75) is 26.7 Å². The van der Waals surface area contributed by atoms with Crippen molar-refractivity contribution in [3.63, 3.8) is 0 Å². The summed E-state index contributed by atoms with van der Waals surface area (Å²) in [5.41, 5.74) is 3.18. The summed E-state index contributed by atoms with van der Waals surface area (Å²) in [4.78, 5) is 12.3. The maximum atomic E-state index is 12.3. The second-order valence-corrected chi connectivity index (χ2v) is 5.84. The average Bonchev–Trinajstić information content (AvgIpc) is 2.83. The molecule has 0 aliphatic rings. The minimum atomic E-state index is -0.316. The molecule has 2 aromatic rings. The molecule has 108 valence electrons. The molecule has 0 fully saturated rings. The number of carbonyl (C=O) groups excluding carboxylic acids is 1. The normalized spacial score (nSPS) is 10.5. The van der Waals surface area contributed by atoms with Gasteiger partial charge in [-0.25, -0.2) is 0 Å². The van der Waals surface area contributed by atoms with E-state index in [1.807, 2.05) is 20.8 Å². The quantitative estimate of drug-likeness (QED) is 0.888. The lowest BCUT2D eigenvalue weighted by atomic mass is 10.1. The summed E-state index contributed by atoms with van der Waals surface area (Å²) in [6.07, 6.45) is 0. The Morgan fingerprint density at radius 1 is 1.48 bits per heavy atom. The van der Waals surface area contributed by atoms with Crippen LogP contribution in [-0.4, -0.2) is 16.1 Å². The van der Waals surface area contributed by atoms with E-state index in [4.69, 9.17) is 5.26 Å². The molecular formula is C15H15BrN4O. The van der Waals surface area contributed by atoms with Gasteiger partial charge in [0.05, 0.1) is 21.8 Å². The number of H-pyrrole nitrogens is 1. The van der Waals surface area contributed by atoms with E-state index in [1.54, 1.807) is 18.2 Å². The lowest BCUT2D eigenvalue weighted by molar-refractivity contribution is 0.102. The van der Waals surface area contributed by atoms with Crippen molar-refractivity contribution in [3.8, 4) is 6.07 Å². The second kappa shape index (κ2) is 6.10. The van der Waals surface area contributed by atoms with Crippen molar-refractivity contribution in [3.05, 3.63) is 45.2 Å². The summed E-state index contributed by atoms with van der Waals surface area (Å²) in [6, 6.07) is 7.22. The van der Waals surface area contributed by atoms with E-state index >= 15 is 0 Å². The fourth-order valence-electron chi connectivity index (χ4n) is 1.88. The van der Waals surface area contributed by atoms with Crippen LogP contribution in [-0.2, 0) is 0 Å². The molecule has 0 bridgehead atoms. The molecule has 0 saturated carbocycles. The molecule has 6 heteroatoms. The van der Waals surface area contributed by atoms with E-state index in [9.17, 15) is 4.79 Å². The number of aryl methyl sites for hydroxylation is 1. The first-order chi connectivity index (χ1) is 9.93. The van der Waals surface area contributed by atoms with Gasteiger partial charge in [-0.1, -0.05) is 19.9 Å². The van der Waals surface area contributed by atoms with Gasteiger partial charge in [0.15, 0.2) is 5.69 Å². The van der Waals surface area contributed by atoms with Crippen molar-refractivity contribution < 1.29 is 4.79 Å². The molecule has 21 heavy (non-hydrogen) atoms. The predicted octanol–water partition coefficient (Wildman–Crippen LogP) is 3.73. The van der Waals surface area contributed by atoms with Crippen LogP contribution in [0.2, 0.25) is 0 Å². The molecule has 0 atom stereocenters. The highest BCUT2D eigenvalue weighted by Crippen LogP contribution is 2.26. The van der Waals surface area contributed by atoms with E-state index in [0.717, 1.165) is 11.3 Å². The molecule has 1 amide bonds. The Morgan fingerprint density at radius 3 is 2.76 bits per heavy atom. The zero-order chi connectivity index (χ0) is 15.6. The molecule has 0 radical (unpaired) electrons. The molecular weight excluding hydrogens is 332 g/mol. The minimum Gasteiger partial charge on any atom is -0.320 e. The molecule has 1 aromatic heterocycles. The van der Waals surface area contributed by atoms with Crippen LogP contribution in [0.1, 0.15) is 47.1 Å². The highest BCUT2D eigenvalue weighted by molar-refractivity contribution is 9.10. The third-order valence-electron chi connectivity index (χ3n) is 3.14. The zero-order valence-corrected chi connectivity index (χ0v) is 13.6. The molecule has 0 spiro atoms. The van der Waals surface area contributed by atoms with Crippen LogP contribution >= 0.6 is 15.9 Å². The van der Waals surface area contributed by atoms with E-state index < -0.39 is 0 Å². The van der Waals surface area contributed by atoms with Gasteiger partial charge in [-0.3, -0.25) is 9.89 Å². The Balaban J connectivity index is 2.29. The molecule has 0 aliphatic carbocycles. The highest BCUT2D eigenvalue weighted by Gasteiger charge is 2.19. The fourth-order valence-corrected chi connectivity index (χ4v) is 2.70. The molecule has 5 nitrogen and oxygen atoms in total. The van der Waals surface area contributed by atoms with Crippen LogP contribution in [0.25, 0.3) is 0 Å². The lowest BCUT2D eigenvalue weighted by Gasteiger charge is -2.08. The number of anilines is 1. The summed E-state index contributed by atoms with van der Waals surface area (Å²) in [6.45, 7) is 5.90. The predicted molar refractivity (Wildman–Crippen MR) is 84.2 cm³/mol. The highest BCUT2D eigenvalue weighted by atomic mass is 79.9. The number of rotatable bonds is 3. The van der Waals surface area contributed by atoms with Gasteiger partial charge in [-0.15, -0.1) is 0 Å². The number of hydrogen-bond donors (Lipinski definition) is 2. The third-order valence-corrected chi connectivity index (χ3v) is 3.94. The van der Waals surface area contributed by atoms with Crippen LogP contribution in [0.5, 0.6) is 0 Å². The van der Waals surface area contributed by atoms with E-state index in [-0.39, 0.29) is 11.8 Å². The van der Waals surface area contributed by atoms with Crippen LogP contribution in [0, 0.1) is 18.3 Å². The van der Waals surface area contributed by atoms with Crippen LogP contribution < -0.4 is 5.32 Å². The number of nitrogens with zero attached hydrogens (tertiary/aromatic N) is 2. The molecule has 1 heterocycles. The Labute approximate surface area is 131 Å². The number of nitrogens with one attached hydrogen (secondary N) is 2. The van der Waals surface area contributed by atoms with Crippen LogP contribution in [0.3, 0.4) is 0 Å². The van der Waals surface area contributed by atoms with E-state index in [2.05, 4.69) is 37.5 Å². The van der Waals surface area contributed by atoms with Gasteiger partial charge >= 0.3 is 0 Å². The smallest absolute Gasteiger partial charge is 0.277 e. The zero-order valence-electron chi connectivity index (χ0n) is 12.0. The number of hydrogen-bond acceptors (Lipinski definition) is 3. The number of amides is 1. The monoisotopic (exact) mass is 346 g/mol. The number of carbonyl (C=O) groups is 1. The second-order valence-electron chi connectivity index (χ2n) is 5.05. The average molecular weight is 347 g/mol. The number of nitriles is 1. The Kier molecular flexibility index (Phi) is 4.43. The molecule has 0 aliphatic heterocycles. The maximum Gasteiger partial charge on any atom is 0.277 e. The van der Waals surface area contributed by atoms with Gasteiger partial charge in [0.25, 0.3) is 5.91 Å². The minimum absolute atomic E-state index is 0.233. The van der Waals surface area contributed by atoms with Crippen LogP contribution in [0.15, 0.2) is 22.7 Å². The van der Waals surface area contributed by atoms with Gasteiger partial charge < -0.3 is 5.32 Å². The van der Waals surface area contributed by atoms with Crippen molar-refractivity contribution in [1.82, 2.24) is 10.2 Å². The summed E-state index contributed by atoms with van der Waals surface area (Å²) in [5.74, 6) is -0.0831. The first kappa shape index (κ1) is 15.3.